The highest BCUT2D eigenvalue weighted by Crippen LogP contribution is 2.43. The molecule has 4 nitrogen and oxygen atoms in total. The number of guanidine groups is 1. The lowest BCUT2D eigenvalue weighted by molar-refractivity contribution is -0.0586. The number of methoxy groups -OCH3 is 1. The largest absolute Gasteiger partial charge is 0.381 e. The summed E-state index contributed by atoms with van der Waals surface area (Å²) in [6, 6.07) is 10.4. The molecule has 1 aliphatic heterocycles. The highest BCUT2D eigenvalue weighted by atomic mass is 16.5. The van der Waals surface area contributed by atoms with Crippen LogP contribution in [0.3, 0.4) is 0 Å². The Morgan fingerprint density at radius 3 is 2.78 bits per heavy atom. The molecule has 0 bridgehead atoms. The van der Waals surface area contributed by atoms with E-state index in [1.54, 1.807) is 7.11 Å². The van der Waals surface area contributed by atoms with E-state index in [0.29, 0.717) is 12.1 Å². The van der Waals surface area contributed by atoms with Gasteiger partial charge in [-0.25, -0.2) is 0 Å². The van der Waals surface area contributed by atoms with Gasteiger partial charge >= 0.3 is 0 Å². The Balaban J connectivity index is 1.75. The molecule has 18 heavy (non-hydrogen) atoms. The third-order valence-electron chi connectivity index (χ3n) is 4.12. The van der Waals surface area contributed by atoms with Gasteiger partial charge in [-0.05, 0) is 18.4 Å². The van der Waals surface area contributed by atoms with E-state index in [1.165, 1.54) is 5.56 Å². The molecule has 96 valence electrons. The molecule has 1 aromatic carbocycles. The Labute approximate surface area is 107 Å². The predicted molar refractivity (Wildman–Crippen MR) is 71.2 cm³/mol. The van der Waals surface area contributed by atoms with Gasteiger partial charge in [0, 0.05) is 13.7 Å². The maximum atomic E-state index is 6.03. The van der Waals surface area contributed by atoms with Gasteiger partial charge in [-0.15, -0.1) is 0 Å². The van der Waals surface area contributed by atoms with Gasteiger partial charge in [0.15, 0.2) is 5.96 Å². The van der Waals surface area contributed by atoms with Crippen LogP contribution in [0.2, 0.25) is 0 Å². The Kier molecular flexibility index (Phi) is 2.74. The van der Waals surface area contributed by atoms with Crippen molar-refractivity contribution in [3.63, 3.8) is 0 Å². The van der Waals surface area contributed by atoms with E-state index < -0.39 is 0 Å². The van der Waals surface area contributed by atoms with Gasteiger partial charge < -0.3 is 15.4 Å². The van der Waals surface area contributed by atoms with Gasteiger partial charge in [0.2, 0.25) is 0 Å². The van der Waals surface area contributed by atoms with Crippen LogP contribution < -0.4 is 5.73 Å². The predicted octanol–water partition coefficient (Wildman–Crippen LogP) is 1.36. The van der Waals surface area contributed by atoms with Crippen LogP contribution in [0.5, 0.6) is 0 Å². The number of nitrogens with zero attached hydrogens (tertiary/aromatic N) is 2. The van der Waals surface area contributed by atoms with Gasteiger partial charge in [-0.1, -0.05) is 30.3 Å². The van der Waals surface area contributed by atoms with E-state index in [0.717, 1.165) is 25.9 Å². The first-order valence-corrected chi connectivity index (χ1v) is 6.38. The number of aliphatic imine (C=N–C) groups is 1. The molecule has 1 saturated carbocycles. The summed E-state index contributed by atoms with van der Waals surface area (Å²) in [7, 11) is 1.78. The SMILES string of the molecule is COC1CC2(CN=C(N)N2Cc2ccccc2)C1. The van der Waals surface area contributed by atoms with E-state index in [1.807, 2.05) is 6.07 Å². The molecule has 0 atom stereocenters. The smallest absolute Gasteiger partial charge is 0.192 e. The Morgan fingerprint density at radius 2 is 2.11 bits per heavy atom. The van der Waals surface area contributed by atoms with Gasteiger partial charge in [-0.3, -0.25) is 4.99 Å². The summed E-state index contributed by atoms with van der Waals surface area (Å²) < 4.78 is 5.39. The molecule has 2 N–H and O–H groups in total. The second kappa shape index (κ2) is 4.28. The minimum absolute atomic E-state index is 0.112. The molecule has 1 heterocycles. The molecule has 0 aromatic heterocycles. The third kappa shape index (κ3) is 1.77. The summed E-state index contributed by atoms with van der Waals surface area (Å²) in [5.74, 6) is 0.674. The summed E-state index contributed by atoms with van der Waals surface area (Å²) in [6.07, 6.45) is 2.42. The average molecular weight is 245 g/mol. The van der Waals surface area contributed by atoms with Crippen molar-refractivity contribution in [3.8, 4) is 0 Å². The van der Waals surface area contributed by atoms with Crippen molar-refractivity contribution in [1.29, 1.82) is 0 Å². The summed E-state index contributed by atoms with van der Waals surface area (Å²) in [5, 5.41) is 0. The maximum Gasteiger partial charge on any atom is 0.192 e. The van der Waals surface area contributed by atoms with Crippen LogP contribution in [0.15, 0.2) is 35.3 Å². The Hall–Kier alpha value is -1.55. The number of benzene rings is 1. The molecule has 1 aliphatic carbocycles. The van der Waals surface area contributed by atoms with Crippen molar-refractivity contribution in [2.24, 2.45) is 10.7 Å². The van der Waals surface area contributed by atoms with Crippen LogP contribution in [0, 0.1) is 0 Å². The zero-order chi connectivity index (χ0) is 12.6. The highest BCUT2D eigenvalue weighted by molar-refractivity contribution is 5.81. The van der Waals surface area contributed by atoms with Crippen LogP contribution in [0.1, 0.15) is 18.4 Å². The monoisotopic (exact) mass is 245 g/mol. The normalized spacial score (nSPS) is 30.4. The standard InChI is InChI=1S/C14H19N3O/c1-18-12-7-14(8-12)10-16-13(15)17(14)9-11-5-3-2-4-6-11/h2-6,12H,7-10H2,1H3,(H2,15,16). The van der Waals surface area contributed by atoms with E-state index in [-0.39, 0.29) is 5.54 Å². The lowest BCUT2D eigenvalue weighted by atomic mass is 9.73. The molecule has 1 aromatic rings. The summed E-state index contributed by atoms with van der Waals surface area (Å²) in [4.78, 5) is 6.67. The lowest BCUT2D eigenvalue weighted by Crippen LogP contribution is -2.61. The maximum absolute atomic E-state index is 6.03. The topological polar surface area (TPSA) is 50.9 Å². The van der Waals surface area contributed by atoms with Crippen LogP contribution in [-0.2, 0) is 11.3 Å². The van der Waals surface area contributed by atoms with Crippen LogP contribution >= 0.6 is 0 Å². The summed E-state index contributed by atoms with van der Waals surface area (Å²) >= 11 is 0. The third-order valence-corrected chi connectivity index (χ3v) is 4.12. The average Bonchev–Trinajstić information content (AvgIpc) is 2.67. The Bertz CT molecular complexity index is 451. The first kappa shape index (κ1) is 11.5. The van der Waals surface area contributed by atoms with Gasteiger partial charge in [0.25, 0.3) is 0 Å². The zero-order valence-electron chi connectivity index (χ0n) is 10.7. The number of hydrogen-bond acceptors (Lipinski definition) is 4. The number of ether oxygens (including phenoxy) is 1. The van der Waals surface area contributed by atoms with Gasteiger partial charge in [-0.2, -0.15) is 0 Å². The van der Waals surface area contributed by atoms with Crippen LogP contribution in [-0.4, -0.2) is 36.2 Å². The van der Waals surface area contributed by atoms with Crippen molar-refractivity contribution in [3.05, 3.63) is 35.9 Å². The molecular weight excluding hydrogens is 226 g/mol. The molecule has 0 saturated heterocycles. The summed E-state index contributed by atoms with van der Waals surface area (Å²) in [5.41, 5.74) is 7.42. The van der Waals surface area contributed by atoms with E-state index in [4.69, 9.17) is 10.5 Å². The van der Waals surface area contributed by atoms with Crippen molar-refractivity contribution < 1.29 is 4.74 Å². The molecule has 1 spiro atoms. The quantitative estimate of drug-likeness (QED) is 0.875. The fourth-order valence-corrected chi connectivity index (χ4v) is 2.96. The minimum atomic E-state index is 0.112. The second-order valence-electron chi connectivity index (χ2n) is 5.24. The van der Waals surface area contributed by atoms with Crippen LogP contribution in [0.4, 0.5) is 0 Å². The van der Waals surface area contributed by atoms with Crippen molar-refractivity contribution in [1.82, 2.24) is 4.90 Å². The number of nitrogens with two attached hydrogens (primary N) is 1. The zero-order valence-corrected chi connectivity index (χ0v) is 10.7. The van der Waals surface area contributed by atoms with E-state index in [9.17, 15) is 0 Å². The van der Waals surface area contributed by atoms with E-state index in [2.05, 4.69) is 34.2 Å². The van der Waals surface area contributed by atoms with Crippen molar-refractivity contribution in [2.45, 2.75) is 31.0 Å². The molecule has 0 amide bonds. The fourth-order valence-electron chi connectivity index (χ4n) is 2.96. The van der Waals surface area contributed by atoms with Gasteiger partial charge in [0.1, 0.15) is 0 Å². The van der Waals surface area contributed by atoms with Crippen molar-refractivity contribution >= 4 is 5.96 Å². The molecular formula is C14H19N3O. The number of hydrogen-bond donors (Lipinski definition) is 1. The molecule has 1 fully saturated rings. The molecule has 0 radical (unpaired) electrons. The molecule has 2 aliphatic rings. The lowest BCUT2D eigenvalue weighted by Gasteiger charge is -2.50. The first-order valence-electron chi connectivity index (χ1n) is 6.38. The van der Waals surface area contributed by atoms with Gasteiger partial charge in [0.05, 0.1) is 18.2 Å². The fraction of sp³-hybridized carbons (Fsp3) is 0.500. The molecule has 4 heteroatoms. The van der Waals surface area contributed by atoms with Crippen molar-refractivity contribution in [2.75, 3.05) is 13.7 Å². The molecule has 0 unspecified atom stereocenters. The molecule has 3 rings (SSSR count). The Morgan fingerprint density at radius 1 is 1.39 bits per heavy atom. The summed E-state index contributed by atoms with van der Waals surface area (Å²) in [6.45, 7) is 1.65. The second-order valence-corrected chi connectivity index (χ2v) is 5.24. The van der Waals surface area contributed by atoms with Crippen LogP contribution in [0.25, 0.3) is 0 Å². The highest BCUT2D eigenvalue weighted by Gasteiger charge is 2.52. The van der Waals surface area contributed by atoms with E-state index >= 15 is 0 Å². The first-order chi connectivity index (χ1) is 8.73. The number of rotatable bonds is 3. The minimum Gasteiger partial charge on any atom is -0.381 e.